The van der Waals surface area contributed by atoms with Crippen molar-refractivity contribution in [3.63, 3.8) is 0 Å². The summed E-state index contributed by atoms with van der Waals surface area (Å²) in [6.07, 6.45) is 1.04. The predicted octanol–water partition coefficient (Wildman–Crippen LogP) is 5.33. The van der Waals surface area contributed by atoms with E-state index in [0.29, 0.717) is 23.9 Å². The van der Waals surface area contributed by atoms with E-state index >= 15 is 0 Å². The molecule has 1 unspecified atom stereocenters. The Balaban J connectivity index is 1.66. The number of rotatable bonds is 3. The van der Waals surface area contributed by atoms with Gasteiger partial charge in [0.2, 0.25) is 0 Å². The van der Waals surface area contributed by atoms with E-state index in [1.165, 1.54) is 16.7 Å². The lowest BCUT2D eigenvalue weighted by Gasteiger charge is -2.44. The zero-order valence-electron chi connectivity index (χ0n) is 16.3. The largest absolute Gasteiger partial charge is 0.301 e. The van der Waals surface area contributed by atoms with Crippen LogP contribution in [0.4, 0.5) is 4.39 Å². The van der Waals surface area contributed by atoms with Crippen LogP contribution in [0.5, 0.6) is 0 Å². The summed E-state index contributed by atoms with van der Waals surface area (Å²) in [7, 11) is 2.24. The van der Waals surface area contributed by atoms with Gasteiger partial charge < -0.3 is 4.90 Å². The highest BCUT2D eigenvalue weighted by Crippen LogP contribution is 2.48. The van der Waals surface area contributed by atoms with Crippen molar-refractivity contribution >= 4 is 11.6 Å². The Morgan fingerprint density at radius 3 is 2.48 bits per heavy atom. The van der Waals surface area contributed by atoms with Crippen LogP contribution in [-0.4, -0.2) is 42.5 Å². The van der Waals surface area contributed by atoms with E-state index in [1.54, 1.807) is 12.1 Å². The van der Waals surface area contributed by atoms with Crippen LogP contribution in [0.3, 0.4) is 0 Å². The Hall–Kier alpha value is -1.42. The molecule has 0 aromatic heterocycles. The van der Waals surface area contributed by atoms with E-state index in [1.807, 2.05) is 18.2 Å². The van der Waals surface area contributed by atoms with E-state index in [0.717, 1.165) is 31.1 Å². The summed E-state index contributed by atoms with van der Waals surface area (Å²) in [6, 6.07) is 14.3. The third-order valence-electron chi connectivity index (χ3n) is 6.45. The van der Waals surface area contributed by atoms with Gasteiger partial charge in [-0.15, -0.1) is 0 Å². The molecule has 0 amide bonds. The number of benzene rings is 2. The zero-order chi connectivity index (χ0) is 19.1. The maximum Gasteiger partial charge on any atom is 0.123 e. The van der Waals surface area contributed by atoms with Gasteiger partial charge in [0.25, 0.3) is 0 Å². The van der Waals surface area contributed by atoms with Crippen molar-refractivity contribution < 1.29 is 4.39 Å². The Kier molecular flexibility index (Phi) is 5.28. The summed E-state index contributed by atoms with van der Waals surface area (Å²) >= 11 is 6.37. The van der Waals surface area contributed by atoms with Gasteiger partial charge in [-0.1, -0.05) is 43.6 Å². The molecule has 1 heterocycles. The lowest BCUT2D eigenvalue weighted by atomic mass is 9.93. The van der Waals surface area contributed by atoms with Crippen LogP contribution in [0, 0.1) is 11.7 Å². The van der Waals surface area contributed by atoms with Gasteiger partial charge in [-0.3, -0.25) is 4.90 Å². The van der Waals surface area contributed by atoms with Gasteiger partial charge in [0.1, 0.15) is 5.82 Å². The highest BCUT2D eigenvalue weighted by Gasteiger charge is 2.38. The number of fused-ring (bicyclic) bond motifs is 1. The van der Waals surface area contributed by atoms with Crippen molar-refractivity contribution in [1.29, 1.82) is 0 Å². The van der Waals surface area contributed by atoms with Gasteiger partial charge in [0, 0.05) is 42.7 Å². The summed E-state index contributed by atoms with van der Waals surface area (Å²) in [5, 5.41) is 0.799. The van der Waals surface area contributed by atoms with Crippen molar-refractivity contribution in [2.75, 3.05) is 26.7 Å². The number of halogens is 2. The fraction of sp³-hybridized carbons (Fsp3) is 0.478. The Labute approximate surface area is 166 Å². The van der Waals surface area contributed by atoms with E-state index < -0.39 is 0 Å². The Morgan fingerprint density at radius 1 is 1.04 bits per heavy atom. The molecule has 0 N–H and O–H groups in total. The summed E-state index contributed by atoms with van der Waals surface area (Å²) in [5.41, 5.74) is 3.89. The molecule has 4 rings (SSSR count). The third kappa shape index (κ3) is 3.65. The van der Waals surface area contributed by atoms with Gasteiger partial charge >= 0.3 is 0 Å². The monoisotopic (exact) mass is 386 g/mol. The van der Waals surface area contributed by atoms with E-state index in [9.17, 15) is 4.39 Å². The molecule has 0 saturated carbocycles. The summed E-state index contributed by atoms with van der Waals surface area (Å²) in [4.78, 5) is 5.13. The lowest BCUT2D eigenvalue weighted by molar-refractivity contribution is 0.0427. The molecule has 1 aliphatic carbocycles. The standard InChI is InChI=1S/C23H28ClFN2/c1-15(2)23-14-27(11-10-26(23)3)22-13-20(16-4-7-18(25)8-5-16)19-9-6-17(24)12-21(19)22/h4-9,12,15,20,22-23H,10-11,13-14H2,1-3H3/t20-,22+,23?/m1/s1. The van der Waals surface area contributed by atoms with Crippen molar-refractivity contribution in [1.82, 2.24) is 9.80 Å². The molecule has 0 spiro atoms. The first kappa shape index (κ1) is 18.9. The molecule has 3 atom stereocenters. The second-order valence-electron chi connectivity index (χ2n) is 8.42. The number of hydrogen-bond donors (Lipinski definition) is 0. The first-order chi connectivity index (χ1) is 12.9. The maximum absolute atomic E-state index is 13.4. The van der Waals surface area contributed by atoms with E-state index in [-0.39, 0.29) is 5.82 Å². The second-order valence-corrected chi connectivity index (χ2v) is 8.85. The van der Waals surface area contributed by atoms with Crippen LogP contribution in [0.25, 0.3) is 0 Å². The Morgan fingerprint density at radius 2 is 1.78 bits per heavy atom. The first-order valence-corrected chi connectivity index (χ1v) is 10.3. The van der Waals surface area contributed by atoms with Crippen LogP contribution >= 0.6 is 11.6 Å². The van der Waals surface area contributed by atoms with Gasteiger partial charge in [0.05, 0.1) is 0 Å². The van der Waals surface area contributed by atoms with Crippen molar-refractivity contribution in [2.24, 2.45) is 5.92 Å². The molecule has 2 aliphatic rings. The predicted molar refractivity (Wildman–Crippen MR) is 110 cm³/mol. The summed E-state index contributed by atoms with van der Waals surface area (Å²) in [5.74, 6) is 0.759. The third-order valence-corrected chi connectivity index (χ3v) is 6.69. The molecule has 27 heavy (non-hydrogen) atoms. The van der Waals surface area contributed by atoms with Gasteiger partial charge in [-0.05, 0) is 60.3 Å². The molecular formula is C23H28ClFN2. The molecule has 1 fully saturated rings. The smallest absolute Gasteiger partial charge is 0.123 e. The molecule has 0 bridgehead atoms. The van der Waals surface area contributed by atoms with E-state index in [4.69, 9.17) is 11.6 Å². The van der Waals surface area contributed by atoms with Crippen LogP contribution in [0.1, 0.15) is 48.9 Å². The molecule has 2 nitrogen and oxygen atoms in total. The summed E-state index contributed by atoms with van der Waals surface area (Å²) in [6.45, 7) is 7.88. The number of likely N-dealkylation sites (N-methyl/N-ethyl adjacent to an activating group) is 1. The average molecular weight is 387 g/mol. The normalized spacial score (nSPS) is 26.5. The van der Waals surface area contributed by atoms with Crippen molar-refractivity contribution in [3.05, 3.63) is 70.0 Å². The van der Waals surface area contributed by atoms with Crippen LogP contribution in [-0.2, 0) is 0 Å². The van der Waals surface area contributed by atoms with Crippen molar-refractivity contribution in [3.8, 4) is 0 Å². The molecule has 2 aromatic rings. The topological polar surface area (TPSA) is 6.48 Å². The van der Waals surface area contributed by atoms with Crippen molar-refractivity contribution in [2.45, 2.75) is 38.3 Å². The highest BCUT2D eigenvalue weighted by molar-refractivity contribution is 6.30. The second kappa shape index (κ2) is 7.54. The Bertz CT molecular complexity index is 805. The van der Waals surface area contributed by atoms with Crippen LogP contribution in [0.2, 0.25) is 5.02 Å². The number of hydrogen-bond acceptors (Lipinski definition) is 2. The molecule has 0 radical (unpaired) electrons. The molecule has 4 heteroatoms. The lowest BCUT2D eigenvalue weighted by Crippen LogP contribution is -2.54. The maximum atomic E-state index is 13.4. The minimum atomic E-state index is -0.177. The van der Waals surface area contributed by atoms with Crippen LogP contribution in [0.15, 0.2) is 42.5 Å². The molecule has 1 saturated heterocycles. The number of piperazine rings is 1. The molecule has 2 aromatic carbocycles. The molecule has 144 valence electrons. The van der Waals surface area contributed by atoms with E-state index in [2.05, 4.69) is 42.8 Å². The molecular weight excluding hydrogens is 359 g/mol. The fourth-order valence-electron chi connectivity index (χ4n) is 4.91. The van der Waals surface area contributed by atoms with Gasteiger partial charge in [0.15, 0.2) is 0 Å². The minimum absolute atomic E-state index is 0.177. The van der Waals surface area contributed by atoms with Gasteiger partial charge in [-0.25, -0.2) is 4.39 Å². The highest BCUT2D eigenvalue weighted by atomic mass is 35.5. The van der Waals surface area contributed by atoms with Gasteiger partial charge in [-0.2, -0.15) is 0 Å². The first-order valence-electron chi connectivity index (χ1n) is 9.93. The number of nitrogens with zero attached hydrogens (tertiary/aromatic N) is 2. The quantitative estimate of drug-likeness (QED) is 0.703. The zero-order valence-corrected chi connectivity index (χ0v) is 17.1. The van der Waals surface area contributed by atoms with Crippen LogP contribution < -0.4 is 0 Å². The molecule has 1 aliphatic heterocycles. The summed E-state index contributed by atoms with van der Waals surface area (Å²) < 4.78 is 13.4. The average Bonchev–Trinajstić information content (AvgIpc) is 3.01. The SMILES string of the molecule is CC(C)C1CN([C@H]2C[C@H](c3ccc(F)cc3)c3ccc(Cl)cc32)CCN1C. The minimum Gasteiger partial charge on any atom is -0.301 e. The fourth-order valence-corrected chi connectivity index (χ4v) is 5.09.